The molecule has 0 saturated carbocycles. The second kappa shape index (κ2) is 3.68. The highest BCUT2D eigenvalue weighted by Gasteiger charge is 2.54. The third-order valence-corrected chi connectivity index (χ3v) is 2.98. The zero-order valence-corrected chi connectivity index (χ0v) is 9.21. The van der Waals surface area contributed by atoms with Crippen LogP contribution in [0.3, 0.4) is 0 Å². The van der Waals surface area contributed by atoms with Gasteiger partial charge in [0.05, 0.1) is 12.7 Å². The lowest BCUT2D eigenvalue weighted by atomic mass is 9.97. The van der Waals surface area contributed by atoms with Crippen molar-refractivity contribution in [2.24, 2.45) is 5.92 Å². The molecule has 0 aromatic heterocycles. The number of fused-ring (bicyclic) bond motifs is 1. The van der Waals surface area contributed by atoms with Crippen LogP contribution in [0.5, 0.6) is 0 Å². The van der Waals surface area contributed by atoms with Gasteiger partial charge in [-0.25, -0.2) is 0 Å². The van der Waals surface area contributed by atoms with Crippen molar-refractivity contribution in [2.45, 2.75) is 51.2 Å². The van der Waals surface area contributed by atoms with Gasteiger partial charge in [-0.1, -0.05) is 6.92 Å². The highest BCUT2D eigenvalue weighted by Crippen LogP contribution is 2.41. The molecule has 2 aliphatic rings. The van der Waals surface area contributed by atoms with E-state index in [2.05, 4.69) is 0 Å². The molecule has 88 valence electrons. The molecule has 0 bridgehead atoms. The molecule has 2 rings (SSSR count). The van der Waals surface area contributed by atoms with Crippen molar-refractivity contribution in [3.63, 3.8) is 0 Å². The summed E-state index contributed by atoms with van der Waals surface area (Å²) in [5.41, 5.74) is 0. The third kappa shape index (κ3) is 1.90. The molecule has 2 N–H and O–H groups in total. The Morgan fingerprint density at radius 1 is 1.33 bits per heavy atom. The lowest BCUT2D eigenvalue weighted by Crippen LogP contribution is -2.37. The minimum absolute atomic E-state index is 0.0129. The number of hydrogen-bond acceptors (Lipinski definition) is 5. The van der Waals surface area contributed by atoms with Gasteiger partial charge in [0.15, 0.2) is 12.1 Å². The predicted molar refractivity (Wildman–Crippen MR) is 51.0 cm³/mol. The van der Waals surface area contributed by atoms with Crippen molar-refractivity contribution in [2.75, 3.05) is 6.61 Å². The Kier molecular flexibility index (Phi) is 2.77. The highest BCUT2D eigenvalue weighted by molar-refractivity contribution is 4.93. The third-order valence-electron chi connectivity index (χ3n) is 2.98. The number of aliphatic hydroxyl groups is 2. The number of hydrogen-bond donors (Lipinski definition) is 2. The largest absolute Gasteiger partial charge is 0.394 e. The Bertz CT molecular complexity index is 242. The van der Waals surface area contributed by atoms with E-state index >= 15 is 0 Å². The van der Waals surface area contributed by atoms with E-state index in [0.29, 0.717) is 0 Å². The zero-order chi connectivity index (χ0) is 11.2. The summed E-state index contributed by atoms with van der Waals surface area (Å²) in [7, 11) is 0. The average molecular weight is 218 g/mol. The molecule has 2 fully saturated rings. The van der Waals surface area contributed by atoms with E-state index in [0.717, 1.165) is 0 Å². The molecule has 2 aliphatic heterocycles. The van der Waals surface area contributed by atoms with Gasteiger partial charge in [-0.05, 0) is 13.8 Å². The van der Waals surface area contributed by atoms with E-state index in [9.17, 15) is 5.11 Å². The lowest BCUT2D eigenvalue weighted by Gasteiger charge is -2.25. The van der Waals surface area contributed by atoms with Crippen LogP contribution in [-0.2, 0) is 14.2 Å². The Labute approximate surface area is 88.9 Å². The second-order valence-electron chi connectivity index (χ2n) is 4.68. The summed E-state index contributed by atoms with van der Waals surface area (Å²) in [6, 6.07) is 0. The quantitative estimate of drug-likeness (QED) is 0.674. The van der Waals surface area contributed by atoms with Crippen LogP contribution in [0.4, 0.5) is 0 Å². The van der Waals surface area contributed by atoms with Crippen LogP contribution in [0.2, 0.25) is 0 Å². The molecular weight excluding hydrogens is 200 g/mol. The SMILES string of the molecule is C[C@H]1[C@H]([C@@H](O)CO)O[C@@H]2OC(C)(C)O[C@@H]21. The minimum Gasteiger partial charge on any atom is -0.394 e. The van der Waals surface area contributed by atoms with Crippen molar-refractivity contribution in [3.8, 4) is 0 Å². The molecule has 0 unspecified atom stereocenters. The van der Waals surface area contributed by atoms with Crippen LogP contribution in [0, 0.1) is 5.92 Å². The Morgan fingerprint density at radius 3 is 2.53 bits per heavy atom. The second-order valence-corrected chi connectivity index (χ2v) is 4.68. The van der Waals surface area contributed by atoms with Crippen LogP contribution in [-0.4, -0.2) is 47.2 Å². The smallest absolute Gasteiger partial charge is 0.187 e. The van der Waals surface area contributed by atoms with Gasteiger partial charge in [0.1, 0.15) is 12.2 Å². The topological polar surface area (TPSA) is 68.2 Å². The highest BCUT2D eigenvalue weighted by atomic mass is 16.8. The first-order valence-corrected chi connectivity index (χ1v) is 5.24. The fourth-order valence-electron chi connectivity index (χ4n) is 2.23. The average Bonchev–Trinajstić information content (AvgIpc) is 2.60. The predicted octanol–water partition coefficient (Wildman–Crippen LogP) is -0.148. The van der Waals surface area contributed by atoms with Crippen LogP contribution >= 0.6 is 0 Å². The fraction of sp³-hybridized carbons (Fsp3) is 1.00. The molecule has 5 heteroatoms. The Morgan fingerprint density at radius 2 is 2.00 bits per heavy atom. The minimum atomic E-state index is -0.874. The van der Waals surface area contributed by atoms with E-state index in [4.69, 9.17) is 19.3 Å². The molecule has 15 heavy (non-hydrogen) atoms. The Hall–Kier alpha value is -0.200. The van der Waals surface area contributed by atoms with Gasteiger partial charge in [-0.3, -0.25) is 0 Å². The van der Waals surface area contributed by atoms with Crippen molar-refractivity contribution < 1.29 is 24.4 Å². The van der Waals surface area contributed by atoms with Crippen molar-refractivity contribution >= 4 is 0 Å². The van der Waals surface area contributed by atoms with Gasteiger partial charge in [-0.2, -0.15) is 0 Å². The van der Waals surface area contributed by atoms with E-state index in [1.54, 1.807) is 0 Å². The first-order chi connectivity index (χ1) is 6.94. The molecule has 2 heterocycles. The van der Waals surface area contributed by atoms with Crippen molar-refractivity contribution in [1.82, 2.24) is 0 Å². The molecule has 5 nitrogen and oxygen atoms in total. The molecule has 0 amide bonds. The summed E-state index contributed by atoms with van der Waals surface area (Å²) in [5.74, 6) is -0.613. The van der Waals surface area contributed by atoms with Gasteiger partial charge in [-0.15, -0.1) is 0 Å². The van der Waals surface area contributed by atoms with Crippen molar-refractivity contribution in [3.05, 3.63) is 0 Å². The van der Waals surface area contributed by atoms with E-state index in [-0.39, 0.29) is 18.6 Å². The summed E-state index contributed by atoms with van der Waals surface area (Å²) >= 11 is 0. The summed E-state index contributed by atoms with van der Waals surface area (Å²) < 4.78 is 16.7. The first-order valence-electron chi connectivity index (χ1n) is 5.24. The van der Waals surface area contributed by atoms with Crippen LogP contribution in [0.15, 0.2) is 0 Å². The zero-order valence-electron chi connectivity index (χ0n) is 9.21. The molecule has 2 saturated heterocycles. The summed E-state index contributed by atoms with van der Waals surface area (Å²) in [6.07, 6.45) is -1.88. The summed E-state index contributed by atoms with van der Waals surface area (Å²) in [4.78, 5) is 0. The molecule has 0 aromatic rings. The van der Waals surface area contributed by atoms with Gasteiger partial charge in [0.2, 0.25) is 0 Å². The molecule has 0 spiro atoms. The molecule has 0 radical (unpaired) electrons. The van der Waals surface area contributed by atoms with Crippen LogP contribution < -0.4 is 0 Å². The maximum Gasteiger partial charge on any atom is 0.187 e. The normalized spacial score (nSPS) is 45.4. The van der Waals surface area contributed by atoms with Gasteiger partial charge in [0.25, 0.3) is 0 Å². The fourth-order valence-corrected chi connectivity index (χ4v) is 2.23. The maximum atomic E-state index is 9.53. The van der Waals surface area contributed by atoms with E-state index in [1.165, 1.54) is 0 Å². The molecular formula is C10H18O5. The summed E-state index contributed by atoms with van der Waals surface area (Å²) in [5, 5.41) is 18.4. The van der Waals surface area contributed by atoms with Gasteiger partial charge >= 0.3 is 0 Å². The standard InChI is InChI=1S/C10H18O5/c1-5-7(6(12)4-11)13-9-8(5)14-10(2,3)15-9/h5-9,11-12H,4H2,1-3H3/t5-,6-,7+,8+,9+/m0/s1. The van der Waals surface area contributed by atoms with Gasteiger partial charge < -0.3 is 24.4 Å². The van der Waals surface area contributed by atoms with Crippen molar-refractivity contribution in [1.29, 1.82) is 0 Å². The number of ether oxygens (including phenoxy) is 3. The number of aliphatic hydroxyl groups excluding tert-OH is 2. The monoisotopic (exact) mass is 218 g/mol. The lowest BCUT2D eigenvalue weighted by molar-refractivity contribution is -0.221. The summed E-state index contributed by atoms with van der Waals surface area (Å²) in [6.45, 7) is 5.29. The molecule has 5 atom stereocenters. The first kappa shape index (κ1) is 11.3. The molecule has 0 aromatic carbocycles. The Balaban J connectivity index is 2.05. The maximum absolute atomic E-state index is 9.53. The van der Waals surface area contributed by atoms with Crippen LogP contribution in [0.1, 0.15) is 20.8 Å². The van der Waals surface area contributed by atoms with Crippen LogP contribution in [0.25, 0.3) is 0 Å². The van der Waals surface area contributed by atoms with Gasteiger partial charge in [0, 0.05) is 5.92 Å². The van der Waals surface area contributed by atoms with E-state index in [1.807, 2.05) is 20.8 Å². The molecule has 0 aliphatic carbocycles. The number of rotatable bonds is 2. The van der Waals surface area contributed by atoms with E-state index < -0.39 is 24.3 Å².